The molecule has 0 saturated heterocycles. The summed E-state index contributed by atoms with van der Waals surface area (Å²) in [6.07, 6.45) is 7.87. The summed E-state index contributed by atoms with van der Waals surface area (Å²) in [6.45, 7) is 1.91. The van der Waals surface area contributed by atoms with Crippen molar-refractivity contribution in [2.24, 2.45) is 0 Å². The Morgan fingerprint density at radius 3 is 2.90 bits per heavy atom. The Bertz CT molecular complexity index is 293. The van der Waals surface area contributed by atoms with E-state index in [0.29, 0.717) is 5.76 Å². The molecule has 10 heavy (non-hydrogen) atoms. The largest absolute Gasteiger partial charge is 0.507 e. The third kappa shape index (κ3) is 0.520. The molecule has 0 saturated carbocycles. The topological polar surface area (TPSA) is 20.2 Å². The van der Waals surface area contributed by atoms with Crippen molar-refractivity contribution >= 4 is 0 Å². The lowest BCUT2D eigenvalue weighted by Gasteiger charge is -1.94. The molecule has 0 aliphatic heterocycles. The monoisotopic (exact) mass is 132 g/mol. The van der Waals surface area contributed by atoms with E-state index in [2.05, 4.69) is 0 Å². The Kier molecular flexibility index (Phi) is 0.901. The minimum Gasteiger partial charge on any atom is -0.507 e. The molecule has 0 atom stereocenters. The summed E-state index contributed by atoms with van der Waals surface area (Å²) >= 11 is 0. The van der Waals surface area contributed by atoms with E-state index in [9.17, 15) is 5.11 Å². The lowest BCUT2D eigenvalue weighted by Crippen LogP contribution is -1.82. The van der Waals surface area contributed by atoms with Gasteiger partial charge in [0.05, 0.1) is 0 Å². The minimum atomic E-state index is 0.431. The quantitative estimate of drug-likeness (QED) is 0.536. The lowest BCUT2D eigenvalue weighted by molar-refractivity contribution is 0.423. The van der Waals surface area contributed by atoms with Gasteiger partial charge in [0.1, 0.15) is 5.76 Å². The van der Waals surface area contributed by atoms with E-state index in [1.54, 1.807) is 0 Å². The van der Waals surface area contributed by atoms with Crippen LogP contribution in [-0.2, 0) is 0 Å². The van der Waals surface area contributed by atoms with E-state index in [4.69, 9.17) is 0 Å². The van der Waals surface area contributed by atoms with E-state index in [0.717, 1.165) is 16.7 Å². The number of aliphatic hydroxyl groups is 1. The van der Waals surface area contributed by atoms with E-state index in [1.807, 2.05) is 31.2 Å². The molecular weight excluding hydrogens is 124 g/mol. The first kappa shape index (κ1) is 5.54. The highest BCUT2D eigenvalue weighted by molar-refractivity contribution is 5.64. The van der Waals surface area contributed by atoms with Crippen LogP contribution in [0.3, 0.4) is 0 Å². The highest BCUT2D eigenvalue weighted by Crippen LogP contribution is 2.32. The van der Waals surface area contributed by atoms with Crippen molar-refractivity contribution in [2.45, 2.75) is 6.92 Å². The summed E-state index contributed by atoms with van der Waals surface area (Å²) in [5.41, 5.74) is 3.07. The van der Waals surface area contributed by atoms with Crippen molar-refractivity contribution in [3.8, 4) is 0 Å². The van der Waals surface area contributed by atoms with Crippen LogP contribution in [0.25, 0.3) is 0 Å². The molecular formula is C9H8O. The molecule has 0 bridgehead atoms. The molecule has 0 aromatic rings. The first-order chi connectivity index (χ1) is 4.79. The molecule has 0 fully saturated rings. The SMILES string of the molecule is CC1=C(O)C2=CC=CC2=C1. The highest BCUT2D eigenvalue weighted by atomic mass is 16.3. The maximum Gasteiger partial charge on any atom is 0.126 e. The van der Waals surface area contributed by atoms with Crippen LogP contribution in [0.4, 0.5) is 0 Å². The lowest BCUT2D eigenvalue weighted by atomic mass is 10.2. The van der Waals surface area contributed by atoms with Gasteiger partial charge in [-0.25, -0.2) is 0 Å². The molecule has 1 N–H and O–H groups in total. The summed E-state index contributed by atoms with van der Waals surface area (Å²) in [5, 5.41) is 9.39. The van der Waals surface area contributed by atoms with Gasteiger partial charge in [0.15, 0.2) is 0 Å². The van der Waals surface area contributed by atoms with Gasteiger partial charge in [-0.15, -0.1) is 0 Å². The van der Waals surface area contributed by atoms with E-state index >= 15 is 0 Å². The first-order valence-corrected chi connectivity index (χ1v) is 3.29. The van der Waals surface area contributed by atoms with Crippen LogP contribution < -0.4 is 0 Å². The third-order valence-corrected chi connectivity index (χ3v) is 1.85. The predicted molar refractivity (Wildman–Crippen MR) is 40.6 cm³/mol. The molecule has 2 aliphatic rings. The molecule has 0 aromatic carbocycles. The molecule has 2 aliphatic carbocycles. The summed E-state index contributed by atoms with van der Waals surface area (Å²) in [5.74, 6) is 0.431. The Morgan fingerprint density at radius 1 is 1.40 bits per heavy atom. The van der Waals surface area contributed by atoms with Gasteiger partial charge in [-0.1, -0.05) is 18.2 Å². The molecule has 2 rings (SSSR count). The second-order valence-electron chi connectivity index (χ2n) is 2.57. The third-order valence-electron chi connectivity index (χ3n) is 1.85. The van der Waals surface area contributed by atoms with E-state index in [-0.39, 0.29) is 0 Å². The first-order valence-electron chi connectivity index (χ1n) is 3.29. The zero-order valence-electron chi connectivity index (χ0n) is 5.76. The standard InChI is InChI=1S/C9H8O/c1-6-5-7-3-2-4-8(7)9(6)10/h2-5,10H,1H3. The fraction of sp³-hybridized carbons (Fsp3) is 0.111. The van der Waals surface area contributed by atoms with Gasteiger partial charge < -0.3 is 5.11 Å². The number of allylic oxidation sites excluding steroid dienone is 6. The number of fused-ring (bicyclic) bond motifs is 1. The van der Waals surface area contributed by atoms with Crippen LogP contribution in [0.15, 0.2) is 46.8 Å². The fourth-order valence-corrected chi connectivity index (χ4v) is 1.29. The van der Waals surface area contributed by atoms with Gasteiger partial charge in [0.25, 0.3) is 0 Å². The summed E-state index contributed by atoms with van der Waals surface area (Å²) in [4.78, 5) is 0. The minimum absolute atomic E-state index is 0.431. The van der Waals surface area contributed by atoms with Crippen molar-refractivity contribution in [1.82, 2.24) is 0 Å². The van der Waals surface area contributed by atoms with Crippen molar-refractivity contribution in [2.75, 3.05) is 0 Å². The summed E-state index contributed by atoms with van der Waals surface area (Å²) < 4.78 is 0. The van der Waals surface area contributed by atoms with Crippen LogP contribution >= 0.6 is 0 Å². The molecule has 0 amide bonds. The van der Waals surface area contributed by atoms with Crippen molar-refractivity contribution in [1.29, 1.82) is 0 Å². The summed E-state index contributed by atoms with van der Waals surface area (Å²) in [7, 11) is 0. The van der Waals surface area contributed by atoms with Gasteiger partial charge in [-0.2, -0.15) is 0 Å². The average molecular weight is 132 g/mol. The van der Waals surface area contributed by atoms with Crippen LogP contribution in [0.1, 0.15) is 6.92 Å². The number of hydrogen-bond acceptors (Lipinski definition) is 1. The fourth-order valence-electron chi connectivity index (χ4n) is 1.29. The summed E-state index contributed by atoms with van der Waals surface area (Å²) in [6, 6.07) is 0. The Balaban J connectivity index is 2.56. The zero-order chi connectivity index (χ0) is 7.14. The highest BCUT2D eigenvalue weighted by Gasteiger charge is 2.18. The van der Waals surface area contributed by atoms with Crippen LogP contribution in [0.2, 0.25) is 0 Å². The van der Waals surface area contributed by atoms with Gasteiger partial charge in [-0.05, 0) is 24.1 Å². The van der Waals surface area contributed by atoms with Gasteiger partial charge in [0.2, 0.25) is 0 Å². The maximum absolute atomic E-state index is 9.39. The average Bonchev–Trinajstić information content (AvgIpc) is 2.41. The molecule has 0 radical (unpaired) electrons. The Hall–Kier alpha value is -1.24. The smallest absolute Gasteiger partial charge is 0.126 e. The number of aliphatic hydroxyl groups excluding tert-OH is 1. The van der Waals surface area contributed by atoms with Crippen molar-refractivity contribution in [3.05, 3.63) is 46.8 Å². The molecule has 0 spiro atoms. The second-order valence-corrected chi connectivity index (χ2v) is 2.57. The molecule has 50 valence electrons. The van der Waals surface area contributed by atoms with Crippen LogP contribution in [-0.4, -0.2) is 5.11 Å². The van der Waals surface area contributed by atoms with Gasteiger partial charge >= 0.3 is 0 Å². The second kappa shape index (κ2) is 1.63. The molecule has 0 aromatic heterocycles. The maximum atomic E-state index is 9.39. The molecule has 0 unspecified atom stereocenters. The molecule has 0 heterocycles. The number of rotatable bonds is 0. The molecule has 1 nitrogen and oxygen atoms in total. The van der Waals surface area contributed by atoms with Crippen LogP contribution in [0, 0.1) is 0 Å². The Labute approximate surface area is 59.7 Å². The zero-order valence-corrected chi connectivity index (χ0v) is 5.76. The molecule has 1 heteroatoms. The van der Waals surface area contributed by atoms with E-state index in [1.165, 1.54) is 0 Å². The number of hydrogen-bond donors (Lipinski definition) is 1. The Morgan fingerprint density at radius 2 is 2.20 bits per heavy atom. The van der Waals surface area contributed by atoms with Gasteiger partial charge in [0, 0.05) is 5.57 Å². The van der Waals surface area contributed by atoms with Gasteiger partial charge in [-0.3, -0.25) is 0 Å². The van der Waals surface area contributed by atoms with Crippen molar-refractivity contribution in [3.63, 3.8) is 0 Å². The normalized spacial score (nSPS) is 21.3. The van der Waals surface area contributed by atoms with E-state index < -0.39 is 0 Å². The predicted octanol–water partition coefficient (Wildman–Crippen LogP) is 2.25. The van der Waals surface area contributed by atoms with Crippen molar-refractivity contribution < 1.29 is 5.11 Å². The van der Waals surface area contributed by atoms with Crippen LogP contribution in [0.5, 0.6) is 0 Å².